The summed E-state index contributed by atoms with van der Waals surface area (Å²) in [6.45, 7) is 4.09. The Balaban J connectivity index is 2.09. The van der Waals surface area contributed by atoms with Gasteiger partial charge in [-0.25, -0.2) is 0 Å². The smallest absolute Gasteiger partial charge is 0.186 e. The Labute approximate surface area is 129 Å². The molecule has 0 aliphatic rings. The Bertz CT molecular complexity index is 850. The van der Waals surface area contributed by atoms with Gasteiger partial charge in [0.1, 0.15) is 6.07 Å². The van der Waals surface area contributed by atoms with E-state index < -0.39 is 0 Å². The molecule has 1 aromatic heterocycles. The van der Waals surface area contributed by atoms with E-state index in [9.17, 15) is 5.26 Å². The van der Waals surface area contributed by atoms with Crippen molar-refractivity contribution >= 4 is 16.6 Å². The molecule has 1 N–H and O–H groups in total. The Morgan fingerprint density at radius 3 is 2.59 bits per heavy atom. The predicted molar refractivity (Wildman–Crippen MR) is 87.5 cm³/mol. The zero-order chi connectivity index (χ0) is 15.5. The van der Waals surface area contributed by atoms with E-state index in [4.69, 9.17) is 0 Å². The number of hydrogen-bond donors (Lipinski definition) is 1. The van der Waals surface area contributed by atoms with Gasteiger partial charge in [-0.3, -0.25) is 0 Å². The number of nitriles is 1. The molecule has 0 aliphatic carbocycles. The van der Waals surface area contributed by atoms with Gasteiger partial charge in [0.15, 0.2) is 5.69 Å². The van der Waals surface area contributed by atoms with E-state index in [-0.39, 0.29) is 6.04 Å². The van der Waals surface area contributed by atoms with Crippen LogP contribution in [0.5, 0.6) is 0 Å². The summed E-state index contributed by atoms with van der Waals surface area (Å²) in [5, 5.41) is 21.8. The minimum atomic E-state index is 0.0706. The predicted octanol–water partition coefficient (Wildman–Crippen LogP) is 3.98. The first-order valence-corrected chi connectivity index (χ1v) is 7.17. The summed E-state index contributed by atoms with van der Waals surface area (Å²) in [4.78, 5) is 0. The Hall–Kier alpha value is -2.93. The first kappa shape index (κ1) is 14.0. The second kappa shape index (κ2) is 5.82. The van der Waals surface area contributed by atoms with Crippen LogP contribution in [0.3, 0.4) is 0 Å². The molecule has 0 bridgehead atoms. The molecular formula is C18H16N4. The molecule has 22 heavy (non-hydrogen) atoms. The highest BCUT2D eigenvalue weighted by Crippen LogP contribution is 2.28. The lowest BCUT2D eigenvalue weighted by atomic mass is 10.1. The van der Waals surface area contributed by atoms with Crippen molar-refractivity contribution in [1.82, 2.24) is 10.2 Å². The van der Waals surface area contributed by atoms with Crippen molar-refractivity contribution in [1.29, 1.82) is 5.26 Å². The number of aromatic nitrogens is 2. The van der Waals surface area contributed by atoms with Gasteiger partial charge < -0.3 is 5.32 Å². The van der Waals surface area contributed by atoms with E-state index in [0.717, 1.165) is 27.7 Å². The van der Waals surface area contributed by atoms with E-state index in [1.807, 2.05) is 43.3 Å². The third-order valence-electron chi connectivity index (χ3n) is 3.68. The van der Waals surface area contributed by atoms with Gasteiger partial charge in [-0.2, -0.15) is 5.26 Å². The SMILES string of the molecule is Cc1ccc2nnc(C#N)c(NC(C)c3ccccc3)c2c1. The fourth-order valence-corrected chi connectivity index (χ4v) is 2.48. The topological polar surface area (TPSA) is 61.6 Å². The maximum Gasteiger partial charge on any atom is 0.186 e. The van der Waals surface area contributed by atoms with Crippen LogP contribution in [0.2, 0.25) is 0 Å². The summed E-state index contributed by atoms with van der Waals surface area (Å²) in [5.74, 6) is 0. The van der Waals surface area contributed by atoms with Crippen LogP contribution in [-0.2, 0) is 0 Å². The maximum atomic E-state index is 9.34. The quantitative estimate of drug-likeness (QED) is 0.791. The van der Waals surface area contributed by atoms with E-state index in [2.05, 4.69) is 40.6 Å². The van der Waals surface area contributed by atoms with Crippen molar-refractivity contribution in [2.75, 3.05) is 5.32 Å². The summed E-state index contributed by atoms with van der Waals surface area (Å²) in [7, 11) is 0. The summed E-state index contributed by atoms with van der Waals surface area (Å²) >= 11 is 0. The molecule has 2 aromatic carbocycles. The summed E-state index contributed by atoms with van der Waals surface area (Å²) in [6.07, 6.45) is 0. The van der Waals surface area contributed by atoms with Gasteiger partial charge >= 0.3 is 0 Å². The molecule has 108 valence electrons. The van der Waals surface area contributed by atoms with E-state index in [0.29, 0.717) is 5.69 Å². The largest absolute Gasteiger partial charge is 0.376 e. The van der Waals surface area contributed by atoms with Gasteiger partial charge in [0.05, 0.1) is 11.2 Å². The first-order chi connectivity index (χ1) is 10.7. The van der Waals surface area contributed by atoms with Crippen LogP contribution in [0.4, 0.5) is 5.69 Å². The summed E-state index contributed by atoms with van der Waals surface area (Å²) in [6, 6.07) is 18.3. The molecule has 0 saturated carbocycles. The molecule has 0 fully saturated rings. The summed E-state index contributed by atoms with van der Waals surface area (Å²) < 4.78 is 0. The molecule has 0 aliphatic heterocycles. The first-order valence-electron chi connectivity index (χ1n) is 7.17. The Morgan fingerprint density at radius 2 is 1.86 bits per heavy atom. The molecule has 4 nitrogen and oxygen atoms in total. The van der Waals surface area contributed by atoms with Gasteiger partial charge in [0.25, 0.3) is 0 Å². The monoisotopic (exact) mass is 288 g/mol. The third-order valence-corrected chi connectivity index (χ3v) is 3.68. The normalized spacial score (nSPS) is 11.9. The number of rotatable bonds is 3. The number of fused-ring (bicyclic) bond motifs is 1. The second-order valence-electron chi connectivity index (χ2n) is 5.33. The van der Waals surface area contributed by atoms with E-state index >= 15 is 0 Å². The van der Waals surface area contributed by atoms with Crippen LogP contribution in [0.1, 0.15) is 29.8 Å². The van der Waals surface area contributed by atoms with Crippen LogP contribution < -0.4 is 5.32 Å². The average molecular weight is 288 g/mol. The van der Waals surface area contributed by atoms with Crippen molar-refractivity contribution in [3.8, 4) is 6.07 Å². The van der Waals surface area contributed by atoms with Crippen molar-refractivity contribution in [3.05, 3.63) is 65.4 Å². The molecule has 0 amide bonds. The van der Waals surface area contributed by atoms with Crippen LogP contribution in [0.15, 0.2) is 48.5 Å². The number of hydrogen-bond acceptors (Lipinski definition) is 4. The highest BCUT2D eigenvalue weighted by molar-refractivity contribution is 5.93. The second-order valence-corrected chi connectivity index (χ2v) is 5.33. The molecular weight excluding hydrogens is 272 g/mol. The zero-order valence-electron chi connectivity index (χ0n) is 12.5. The molecule has 3 aromatic rings. The van der Waals surface area contributed by atoms with Crippen molar-refractivity contribution in [3.63, 3.8) is 0 Å². The molecule has 1 atom stereocenters. The Kier molecular flexibility index (Phi) is 3.71. The van der Waals surface area contributed by atoms with Gasteiger partial charge in [-0.15, -0.1) is 10.2 Å². The molecule has 1 heterocycles. The zero-order valence-corrected chi connectivity index (χ0v) is 12.5. The lowest BCUT2D eigenvalue weighted by molar-refractivity contribution is 0.880. The van der Waals surface area contributed by atoms with Crippen LogP contribution in [-0.4, -0.2) is 10.2 Å². The number of aryl methyl sites for hydroxylation is 1. The van der Waals surface area contributed by atoms with Gasteiger partial charge in [0, 0.05) is 11.4 Å². The number of anilines is 1. The van der Waals surface area contributed by atoms with Gasteiger partial charge in [0.2, 0.25) is 0 Å². The lowest BCUT2D eigenvalue weighted by Gasteiger charge is -2.17. The van der Waals surface area contributed by atoms with Crippen LogP contribution in [0, 0.1) is 18.3 Å². The van der Waals surface area contributed by atoms with E-state index in [1.54, 1.807) is 0 Å². The van der Waals surface area contributed by atoms with Crippen LogP contribution >= 0.6 is 0 Å². The number of nitrogens with zero attached hydrogens (tertiary/aromatic N) is 3. The minimum Gasteiger partial charge on any atom is -0.376 e. The fraction of sp³-hybridized carbons (Fsp3) is 0.167. The molecule has 3 rings (SSSR count). The average Bonchev–Trinajstić information content (AvgIpc) is 2.56. The van der Waals surface area contributed by atoms with Gasteiger partial charge in [-0.05, 0) is 31.5 Å². The molecule has 4 heteroatoms. The highest BCUT2D eigenvalue weighted by Gasteiger charge is 2.14. The highest BCUT2D eigenvalue weighted by atomic mass is 15.1. The van der Waals surface area contributed by atoms with E-state index in [1.165, 1.54) is 0 Å². The van der Waals surface area contributed by atoms with Crippen molar-refractivity contribution < 1.29 is 0 Å². The van der Waals surface area contributed by atoms with Crippen molar-refractivity contribution in [2.24, 2.45) is 0 Å². The van der Waals surface area contributed by atoms with Gasteiger partial charge in [-0.1, -0.05) is 42.0 Å². The molecule has 0 saturated heterocycles. The summed E-state index contributed by atoms with van der Waals surface area (Å²) in [5.41, 5.74) is 4.13. The van der Waals surface area contributed by atoms with Crippen LogP contribution in [0.25, 0.3) is 10.9 Å². The van der Waals surface area contributed by atoms with Crippen molar-refractivity contribution in [2.45, 2.75) is 19.9 Å². The fourth-order valence-electron chi connectivity index (χ4n) is 2.48. The number of nitrogens with one attached hydrogen (secondary N) is 1. The standard InChI is InChI=1S/C18H16N4/c1-12-8-9-16-15(10-12)18(17(11-19)22-21-16)20-13(2)14-6-4-3-5-7-14/h3-10,13H,1-2H3,(H,20,21). The third kappa shape index (κ3) is 2.61. The molecule has 0 spiro atoms. The minimum absolute atomic E-state index is 0.0706. The number of benzene rings is 2. The Morgan fingerprint density at radius 1 is 1.09 bits per heavy atom. The lowest BCUT2D eigenvalue weighted by Crippen LogP contribution is -2.09. The molecule has 1 unspecified atom stereocenters. The molecule has 0 radical (unpaired) electrons. The maximum absolute atomic E-state index is 9.34.